The first-order chi connectivity index (χ1) is 18.0. The highest BCUT2D eigenvalue weighted by Crippen LogP contribution is 2.27. The lowest BCUT2D eigenvalue weighted by Gasteiger charge is -2.32. The van der Waals surface area contributed by atoms with Crippen LogP contribution in [0.3, 0.4) is 0 Å². The third-order valence-corrected chi connectivity index (χ3v) is 7.71. The number of pyridine rings is 1. The topological polar surface area (TPSA) is 137 Å². The van der Waals surface area contributed by atoms with E-state index in [4.69, 9.17) is 0 Å². The summed E-state index contributed by atoms with van der Waals surface area (Å²) in [5, 5.41) is 18.7. The van der Waals surface area contributed by atoms with E-state index < -0.39 is 11.9 Å². The van der Waals surface area contributed by atoms with Crippen LogP contribution >= 0.6 is 23.1 Å². The lowest BCUT2D eigenvalue weighted by atomic mass is 9.97. The maximum atomic E-state index is 11.8. The summed E-state index contributed by atoms with van der Waals surface area (Å²) in [6, 6.07) is 5.28. The van der Waals surface area contributed by atoms with E-state index in [1.807, 2.05) is 16.8 Å². The molecule has 0 spiro atoms. The van der Waals surface area contributed by atoms with E-state index in [9.17, 15) is 19.5 Å². The zero-order valence-corrected chi connectivity index (χ0v) is 21.3. The number of thioether (sulfide) groups is 1. The predicted molar refractivity (Wildman–Crippen MR) is 142 cm³/mol. The van der Waals surface area contributed by atoms with Crippen molar-refractivity contribution < 1.29 is 19.5 Å². The number of thiophene rings is 1. The minimum Gasteiger partial charge on any atom is -0.478 e. The van der Waals surface area contributed by atoms with Crippen molar-refractivity contribution in [2.45, 2.75) is 19.4 Å². The second-order valence-corrected chi connectivity index (χ2v) is 10.5. The minimum absolute atomic E-state index is 0.211. The van der Waals surface area contributed by atoms with E-state index >= 15 is 0 Å². The quantitative estimate of drug-likeness (QED) is 0.366. The van der Waals surface area contributed by atoms with Gasteiger partial charge in [-0.2, -0.15) is 11.3 Å². The molecule has 0 unspecified atom stereocenters. The van der Waals surface area contributed by atoms with E-state index in [1.54, 1.807) is 30.6 Å². The van der Waals surface area contributed by atoms with Gasteiger partial charge in [-0.25, -0.2) is 14.8 Å². The Labute approximate surface area is 221 Å². The van der Waals surface area contributed by atoms with Crippen LogP contribution in [-0.2, 0) is 11.3 Å². The number of nitrogens with one attached hydrogen (secondary N) is 2. The average Bonchev–Trinajstić information content (AvgIpc) is 3.54. The number of hydrogen-bond acceptors (Lipinski definition) is 10. The van der Waals surface area contributed by atoms with Crippen molar-refractivity contribution in [3.63, 3.8) is 0 Å². The predicted octanol–water partition coefficient (Wildman–Crippen LogP) is 3.63. The fraction of sp³-hybridized carbons (Fsp3) is 0.280. The molecule has 3 N–H and O–H groups in total. The molecule has 0 aliphatic carbocycles. The maximum absolute atomic E-state index is 11.8. The second-order valence-electron chi connectivity index (χ2n) is 8.75. The number of piperidine rings is 1. The van der Waals surface area contributed by atoms with Crippen molar-refractivity contribution in [2.24, 2.45) is 5.92 Å². The molecule has 2 fully saturated rings. The number of carboxylic acids is 1. The van der Waals surface area contributed by atoms with E-state index in [-0.39, 0.29) is 10.8 Å². The standard InChI is InChI=1S/C25H24N6O4S2/c32-22-20(37-25(35)30-22)10-18-1-5-27-24(29-18)31-6-2-15(3-7-31)11-26-12-16-9-19(23(33)34)21(28-13-16)17-4-8-36-14-17/h1,4-5,8-10,13-15,26H,2-3,6-7,11-12H2,(H,33,34)(H,30,32,35). The molecule has 0 aromatic carbocycles. The summed E-state index contributed by atoms with van der Waals surface area (Å²) in [4.78, 5) is 50.7. The van der Waals surface area contributed by atoms with Crippen LogP contribution in [0.5, 0.6) is 0 Å². The van der Waals surface area contributed by atoms with Crippen LogP contribution in [0.1, 0.15) is 34.5 Å². The number of hydrogen-bond donors (Lipinski definition) is 3. The van der Waals surface area contributed by atoms with E-state index in [0.29, 0.717) is 34.7 Å². The van der Waals surface area contributed by atoms with Crippen LogP contribution in [0.2, 0.25) is 0 Å². The van der Waals surface area contributed by atoms with Gasteiger partial charge in [0.2, 0.25) is 5.95 Å². The third-order valence-electron chi connectivity index (χ3n) is 6.21. The normalized spacial score (nSPS) is 17.4. The molecule has 3 aromatic rings. The number of aromatic carboxylic acids is 1. The van der Waals surface area contributed by atoms with Gasteiger partial charge in [0, 0.05) is 43.0 Å². The highest BCUT2D eigenvalue weighted by atomic mass is 32.2. The number of anilines is 1. The Morgan fingerprint density at radius 3 is 2.78 bits per heavy atom. The molecule has 2 aliphatic rings. The number of nitrogens with zero attached hydrogens (tertiary/aromatic N) is 4. The van der Waals surface area contributed by atoms with Crippen molar-refractivity contribution in [3.8, 4) is 11.3 Å². The molecule has 0 saturated carbocycles. The van der Waals surface area contributed by atoms with Crippen LogP contribution in [0.25, 0.3) is 17.3 Å². The number of aromatic nitrogens is 3. The summed E-state index contributed by atoms with van der Waals surface area (Å²) in [6.07, 6.45) is 6.92. The van der Waals surface area contributed by atoms with Crippen molar-refractivity contribution in [1.29, 1.82) is 0 Å². The van der Waals surface area contributed by atoms with Crippen LogP contribution in [0, 0.1) is 5.92 Å². The van der Waals surface area contributed by atoms with Gasteiger partial charge in [-0.1, -0.05) is 0 Å². The molecule has 37 heavy (non-hydrogen) atoms. The summed E-state index contributed by atoms with van der Waals surface area (Å²) >= 11 is 2.38. The molecule has 5 rings (SSSR count). The molecule has 190 valence electrons. The van der Waals surface area contributed by atoms with Gasteiger partial charge < -0.3 is 15.3 Å². The fourth-order valence-electron chi connectivity index (χ4n) is 4.30. The number of rotatable bonds is 8. The summed E-state index contributed by atoms with van der Waals surface area (Å²) in [5.74, 6) is -0.308. The molecule has 2 aliphatic heterocycles. The van der Waals surface area contributed by atoms with Crippen molar-refractivity contribution in [2.75, 3.05) is 24.5 Å². The van der Waals surface area contributed by atoms with Gasteiger partial charge >= 0.3 is 5.97 Å². The molecule has 3 aromatic heterocycles. The number of amides is 2. The van der Waals surface area contributed by atoms with Crippen LogP contribution in [-0.4, -0.2) is 56.8 Å². The Hall–Kier alpha value is -3.61. The lowest BCUT2D eigenvalue weighted by molar-refractivity contribution is -0.115. The van der Waals surface area contributed by atoms with Crippen LogP contribution in [0.15, 0.2) is 46.3 Å². The summed E-state index contributed by atoms with van der Waals surface area (Å²) in [6.45, 7) is 2.97. The first-order valence-electron chi connectivity index (χ1n) is 11.7. The van der Waals surface area contributed by atoms with Crippen LogP contribution in [0.4, 0.5) is 10.7 Å². The first-order valence-corrected chi connectivity index (χ1v) is 13.5. The van der Waals surface area contributed by atoms with Crippen molar-refractivity contribution in [1.82, 2.24) is 25.6 Å². The third kappa shape index (κ3) is 6.04. The second kappa shape index (κ2) is 11.2. The first kappa shape index (κ1) is 25.1. The Balaban J connectivity index is 1.13. The Morgan fingerprint density at radius 1 is 1.24 bits per heavy atom. The number of imide groups is 1. The number of carbonyl (C=O) groups excluding carboxylic acids is 2. The molecular formula is C25H24N6O4S2. The SMILES string of the molecule is O=C1NC(=O)C(=Cc2ccnc(N3CCC(CNCc4cnc(-c5ccsc5)c(C(=O)O)c4)CC3)n2)S1. The Bertz CT molecular complexity index is 1350. The summed E-state index contributed by atoms with van der Waals surface area (Å²) < 4.78 is 0. The number of carboxylic acid groups (broad SMARTS) is 1. The lowest BCUT2D eigenvalue weighted by Crippen LogP contribution is -2.38. The van der Waals surface area contributed by atoms with Gasteiger partial charge in [-0.05, 0) is 72.3 Å². The van der Waals surface area contributed by atoms with Crippen molar-refractivity contribution >= 4 is 52.2 Å². The molecule has 2 saturated heterocycles. The molecule has 0 bridgehead atoms. The van der Waals surface area contributed by atoms with Gasteiger partial charge in [-0.15, -0.1) is 0 Å². The monoisotopic (exact) mass is 536 g/mol. The maximum Gasteiger partial charge on any atom is 0.337 e. The summed E-state index contributed by atoms with van der Waals surface area (Å²) in [5.41, 5.74) is 2.94. The Kier molecular flexibility index (Phi) is 7.58. The highest BCUT2D eigenvalue weighted by Gasteiger charge is 2.26. The largest absolute Gasteiger partial charge is 0.478 e. The van der Waals surface area contributed by atoms with Crippen LogP contribution < -0.4 is 15.5 Å². The molecule has 5 heterocycles. The zero-order valence-electron chi connectivity index (χ0n) is 19.7. The zero-order chi connectivity index (χ0) is 25.8. The van der Waals surface area contributed by atoms with E-state index in [2.05, 4.69) is 30.5 Å². The molecule has 10 nitrogen and oxygen atoms in total. The van der Waals surface area contributed by atoms with E-state index in [0.717, 1.165) is 55.4 Å². The molecule has 0 atom stereocenters. The van der Waals surface area contributed by atoms with Gasteiger partial charge in [-0.3, -0.25) is 19.9 Å². The van der Waals surface area contributed by atoms with E-state index in [1.165, 1.54) is 11.3 Å². The summed E-state index contributed by atoms with van der Waals surface area (Å²) in [7, 11) is 0. The number of carbonyl (C=O) groups is 3. The molecule has 12 heteroatoms. The average molecular weight is 537 g/mol. The van der Waals surface area contributed by atoms with Gasteiger partial charge in [0.05, 0.1) is 21.9 Å². The van der Waals surface area contributed by atoms with Gasteiger partial charge in [0.15, 0.2) is 0 Å². The van der Waals surface area contributed by atoms with Gasteiger partial charge in [0.25, 0.3) is 11.1 Å². The molecule has 2 amide bonds. The Morgan fingerprint density at radius 2 is 2.08 bits per heavy atom. The minimum atomic E-state index is -0.982. The highest BCUT2D eigenvalue weighted by molar-refractivity contribution is 8.18. The molecule has 0 radical (unpaired) electrons. The molecular weight excluding hydrogens is 512 g/mol. The fourth-order valence-corrected chi connectivity index (χ4v) is 5.61. The van der Waals surface area contributed by atoms with Gasteiger partial charge in [0.1, 0.15) is 0 Å². The smallest absolute Gasteiger partial charge is 0.337 e. The van der Waals surface area contributed by atoms with Crippen molar-refractivity contribution in [3.05, 3.63) is 63.1 Å².